The summed E-state index contributed by atoms with van der Waals surface area (Å²) in [4.78, 5) is 2.51. The predicted molar refractivity (Wildman–Crippen MR) is 90.2 cm³/mol. The van der Waals surface area contributed by atoms with Gasteiger partial charge >= 0.3 is 0 Å². The zero-order valence-corrected chi connectivity index (χ0v) is 13.9. The van der Waals surface area contributed by atoms with Crippen LogP contribution in [0.2, 0.25) is 0 Å². The maximum Gasteiger partial charge on any atom is 0.0237 e. The molecule has 2 nitrogen and oxygen atoms in total. The summed E-state index contributed by atoms with van der Waals surface area (Å²) in [6.07, 6.45) is 6.13. The van der Waals surface area contributed by atoms with E-state index in [4.69, 9.17) is 0 Å². The molecule has 112 valence electrons. The first-order valence-corrected chi connectivity index (χ1v) is 9.13. The van der Waals surface area contributed by atoms with Gasteiger partial charge in [0.1, 0.15) is 0 Å². The van der Waals surface area contributed by atoms with Gasteiger partial charge in [-0.25, -0.2) is 0 Å². The minimum atomic E-state index is 0.675. The molecule has 1 aliphatic carbocycles. The van der Waals surface area contributed by atoms with Gasteiger partial charge in [0.05, 0.1) is 0 Å². The Morgan fingerprint density at radius 1 is 1.30 bits per heavy atom. The van der Waals surface area contributed by atoms with Crippen LogP contribution in [0.3, 0.4) is 0 Å². The van der Waals surface area contributed by atoms with E-state index in [9.17, 15) is 0 Å². The van der Waals surface area contributed by atoms with Crippen molar-refractivity contribution in [1.29, 1.82) is 0 Å². The molecule has 3 heteroatoms. The summed E-state index contributed by atoms with van der Waals surface area (Å²) in [5.41, 5.74) is 2.94. The lowest BCUT2D eigenvalue weighted by Crippen LogP contribution is -2.33. The first-order chi connectivity index (χ1) is 9.74. The smallest absolute Gasteiger partial charge is 0.0237 e. The van der Waals surface area contributed by atoms with Gasteiger partial charge in [-0.2, -0.15) is 11.8 Å². The van der Waals surface area contributed by atoms with E-state index in [1.165, 1.54) is 36.1 Å². The summed E-state index contributed by atoms with van der Waals surface area (Å²) in [7, 11) is 2.26. The van der Waals surface area contributed by atoms with E-state index in [0.717, 1.165) is 19.1 Å². The van der Waals surface area contributed by atoms with Gasteiger partial charge in [0.2, 0.25) is 0 Å². The maximum absolute atomic E-state index is 3.63. The van der Waals surface area contributed by atoms with E-state index >= 15 is 0 Å². The van der Waals surface area contributed by atoms with Crippen LogP contribution >= 0.6 is 11.8 Å². The lowest BCUT2D eigenvalue weighted by Gasteiger charge is -2.27. The van der Waals surface area contributed by atoms with E-state index in [0.29, 0.717) is 6.04 Å². The molecule has 1 N–H and O–H groups in total. The molecule has 0 bridgehead atoms. The zero-order valence-electron chi connectivity index (χ0n) is 13.1. The second kappa shape index (κ2) is 8.06. The lowest BCUT2D eigenvalue weighted by atomic mass is 10.1. The highest BCUT2D eigenvalue weighted by molar-refractivity contribution is 7.98. The third-order valence-electron chi connectivity index (χ3n) is 4.15. The number of nitrogens with one attached hydrogen (secondary N) is 1. The standard InChI is InChI=1S/C17H28N2S/c1-4-17(13-20-3)19(2)12-15-8-6-5-7-14(15)11-18-16-9-10-16/h5-8,16-18H,4,9-13H2,1-3H3. The lowest BCUT2D eigenvalue weighted by molar-refractivity contribution is 0.247. The number of nitrogens with zero attached hydrogens (tertiary/aromatic N) is 1. The normalized spacial score (nSPS) is 16.6. The molecular weight excluding hydrogens is 264 g/mol. The van der Waals surface area contributed by atoms with Gasteiger partial charge in [-0.3, -0.25) is 4.90 Å². The number of thioether (sulfide) groups is 1. The Morgan fingerprint density at radius 3 is 2.60 bits per heavy atom. The Hall–Kier alpha value is -0.510. The minimum absolute atomic E-state index is 0.675. The van der Waals surface area contributed by atoms with Crippen molar-refractivity contribution in [2.75, 3.05) is 19.1 Å². The molecule has 1 saturated carbocycles. The molecule has 0 heterocycles. The van der Waals surface area contributed by atoms with Crippen LogP contribution in [0, 0.1) is 0 Å². The molecule has 2 rings (SSSR count). The maximum atomic E-state index is 3.63. The molecule has 0 spiro atoms. The Kier molecular flexibility index (Phi) is 6.40. The average Bonchev–Trinajstić information content (AvgIpc) is 3.28. The summed E-state index contributed by atoms with van der Waals surface area (Å²) in [5, 5.41) is 3.63. The Balaban J connectivity index is 1.95. The third-order valence-corrected chi connectivity index (χ3v) is 4.87. The van der Waals surface area contributed by atoms with Gasteiger partial charge in [-0.1, -0.05) is 31.2 Å². The Morgan fingerprint density at radius 2 is 2.00 bits per heavy atom. The monoisotopic (exact) mass is 292 g/mol. The summed E-state index contributed by atoms with van der Waals surface area (Å²) < 4.78 is 0. The molecule has 0 aromatic heterocycles. The Labute approximate surface area is 128 Å². The van der Waals surface area contributed by atoms with Gasteiger partial charge in [0, 0.05) is 30.9 Å². The fraction of sp³-hybridized carbons (Fsp3) is 0.647. The van der Waals surface area contributed by atoms with Gasteiger partial charge in [0.25, 0.3) is 0 Å². The first-order valence-electron chi connectivity index (χ1n) is 7.74. The summed E-state index contributed by atoms with van der Waals surface area (Å²) in [5.74, 6) is 1.22. The Bertz CT molecular complexity index is 404. The van der Waals surface area contributed by atoms with Gasteiger partial charge in [0.15, 0.2) is 0 Å². The van der Waals surface area contributed by atoms with E-state index in [1.54, 1.807) is 0 Å². The van der Waals surface area contributed by atoms with E-state index < -0.39 is 0 Å². The van der Waals surface area contributed by atoms with Crippen molar-refractivity contribution in [3.05, 3.63) is 35.4 Å². The molecule has 1 aliphatic rings. The molecule has 0 aliphatic heterocycles. The first kappa shape index (κ1) is 15.9. The molecule has 1 aromatic carbocycles. The van der Waals surface area contributed by atoms with E-state index in [-0.39, 0.29) is 0 Å². The molecule has 1 unspecified atom stereocenters. The van der Waals surface area contributed by atoms with Crippen molar-refractivity contribution in [2.45, 2.75) is 51.4 Å². The number of benzene rings is 1. The molecule has 0 radical (unpaired) electrons. The van der Waals surface area contributed by atoms with Crippen molar-refractivity contribution in [3.8, 4) is 0 Å². The van der Waals surface area contributed by atoms with E-state index in [2.05, 4.69) is 54.7 Å². The van der Waals surface area contributed by atoms with Crippen molar-refractivity contribution in [3.63, 3.8) is 0 Å². The zero-order chi connectivity index (χ0) is 14.4. The van der Waals surface area contributed by atoms with Crippen molar-refractivity contribution < 1.29 is 0 Å². The highest BCUT2D eigenvalue weighted by Crippen LogP contribution is 2.21. The molecule has 1 fully saturated rings. The topological polar surface area (TPSA) is 15.3 Å². The van der Waals surface area contributed by atoms with Gasteiger partial charge < -0.3 is 5.32 Å². The van der Waals surface area contributed by atoms with Crippen molar-refractivity contribution in [1.82, 2.24) is 10.2 Å². The number of rotatable bonds is 9. The van der Waals surface area contributed by atoms with Crippen LogP contribution in [0.15, 0.2) is 24.3 Å². The second-order valence-corrected chi connectivity index (χ2v) is 6.77. The summed E-state index contributed by atoms with van der Waals surface area (Å²) in [6, 6.07) is 10.3. The molecule has 20 heavy (non-hydrogen) atoms. The summed E-state index contributed by atoms with van der Waals surface area (Å²) in [6.45, 7) is 4.37. The second-order valence-electron chi connectivity index (χ2n) is 5.86. The van der Waals surface area contributed by atoms with Crippen LogP contribution in [0.25, 0.3) is 0 Å². The molecule has 0 amide bonds. The number of hydrogen-bond donors (Lipinski definition) is 1. The van der Waals surface area contributed by atoms with Crippen LogP contribution in [0.1, 0.15) is 37.3 Å². The van der Waals surface area contributed by atoms with Crippen LogP contribution in [0.4, 0.5) is 0 Å². The summed E-state index contributed by atoms with van der Waals surface area (Å²) >= 11 is 1.95. The van der Waals surface area contributed by atoms with Crippen LogP contribution < -0.4 is 5.32 Å². The molecule has 1 atom stereocenters. The van der Waals surface area contributed by atoms with Crippen LogP contribution in [0.5, 0.6) is 0 Å². The minimum Gasteiger partial charge on any atom is -0.310 e. The van der Waals surface area contributed by atoms with Crippen molar-refractivity contribution in [2.24, 2.45) is 0 Å². The third kappa shape index (κ3) is 4.80. The van der Waals surface area contributed by atoms with Crippen LogP contribution in [-0.4, -0.2) is 36.0 Å². The largest absolute Gasteiger partial charge is 0.310 e. The van der Waals surface area contributed by atoms with Crippen molar-refractivity contribution >= 4 is 11.8 Å². The predicted octanol–water partition coefficient (Wildman–Crippen LogP) is 3.51. The van der Waals surface area contributed by atoms with E-state index in [1.807, 2.05) is 11.8 Å². The fourth-order valence-electron chi connectivity index (χ4n) is 2.57. The molecule has 0 saturated heterocycles. The quantitative estimate of drug-likeness (QED) is 0.750. The van der Waals surface area contributed by atoms with Crippen LogP contribution in [-0.2, 0) is 13.1 Å². The van der Waals surface area contributed by atoms with Gasteiger partial charge in [-0.15, -0.1) is 0 Å². The molecular formula is C17H28N2S. The number of hydrogen-bond acceptors (Lipinski definition) is 3. The fourth-order valence-corrected chi connectivity index (χ4v) is 3.45. The highest BCUT2D eigenvalue weighted by Gasteiger charge is 2.20. The molecule has 1 aromatic rings. The van der Waals surface area contributed by atoms with Gasteiger partial charge in [-0.05, 0) is 43.7 Å². The SMILES string of the molecule is CCC(CSC)N(C)Cc1ccccc1CNC1CC1. The average molecular weight is 292 g/mol. The highest BCUT2D eigenvalue weighted by atomic mass is 32.2.